The smallest absolute Gasteiger partial charge is 0.240 e. The Balaban J connectivity index is 0. The molecule has 1 fully saturated rings. The van der Waals surface area contributed by atoms with Crippen LogP contribution in [0, 0.1) is 0 Å². The van der Waals surface area contributed by atoms with Crippen molar-refractivity contribution in [3.8, 4) is 0 Å². The molecule has 0 aromatic heterocycles. The van der Waals surface area contributed by atoms with Crippen molar-refractivity contribution < 1.29 is 4.79 Å². The van der Waals surface area contributed by atoms with Crippen molar-refractivity contribution in [1.29, 1.82) is 0 Å². The standard InChI is InChI=1S/C11H23N3O.2ClH/c1-10(2,14(3)4)8-13-9(15)11(12)6-5-7-11;;/h5-8,12H2,1-4H3,(H,13,15);2*1H. The van der Waals surface area contributed by atoms with Crippen molar-refractivity contribution in [2.45, 2.75) is 44.2 Å². The van der Waals surface area contributed by atoms with Gasteiger partial charge < -0.3 is 16.0 Å². The van der Waals surface area contributed by atoms with Crippen LogP contribution in [0.5, 0.6) is 0 Å². The van der Waals surface area contributed by atoms with Gasteiger partial charge in [-0.1, -0.05) is 0 Å². The van der Waals surface area contributed by atoms with Gasteiger partial charge in [0.1, 0.15) is 0 Å². The van der Waals surface area contributed by atoms with E-state index in [9.17, 15) is 4.79 Å². The van der Waals surface area contributed by atoms with Gasteiger partial charge in [-0.3, -0.25) is 4.79 Å². The average molecular weight is 286 g/mol. The van der Waals surface area contributed by atoms with Crippen LogP contribution in [0.2, 0.25) is 0 Å². The van der Waals surface area contributed by atoms with Crippen LogP contribution in [0.3, 0.4) is 0 Å². The average Bonchev–Trinajstić information content (AvgIpc) is 2.10. The fourth-order valence-corrected chi connectivity index (χ4v) is 1.42. The van der Waals surface area contributed by atoms with Gasteiger partial charge in [0, 0.05) is 12.1 Å². The van der Waals surface area contributed by atoms with Gasteiger partial charge in [-0.15, -0.1) is 24.8 Å². The molecule has 1 aliphatic rings. The molecule has 0 atom stereocenters. The van der Waals surface area contributed by atoms with E-state index >= 15 is 0 Å². The fraction of sp³-hybridized carbons (Fsp3) is 0.909. The Morgan fingerprint density at radius 2 is 1.82 bits per heavy atom. The molecule has 0 aliphatic heterocycles. The molecule has 4 nitrogen and oxygen atoms in total. The van der Waals surface area contributed by atoms with E-state index in [2.05, 4.69) is 24.1 Å². The zero-order valence-corrected chi connectivity index (χ0v) is 12.7. The summed E-state index contributed by atoms with van der Waals surface area (Å²) >= 11 is 0. The molecule has 1 saturated carbocycles. The van der Waals surface area contributed by atoms with Crippen molar-refractivity contribution in [3.63, 3.8) is 0 Å². The Morgan fingerprint density at radius 1 is 1.35 bits per heavy atom. The van der Waals surface area contributed by atoms with Gasteiger partial charge in [0.2, 0.25) is 5.91 Å². The molecular weight excluding hydrogens is 261 g/mol. The molecule has 0 spiro atoms. The number of nitrogens with zero attached hydrogens (tertiary/aromatic N) is 1. The topological polar surface area (TPSA) is 58.4 Å². The number of carbonyl (C=O) groups excluding carboxylic acids is 1. The van der Waals surface area contributed by atoms with Crippen LogP contribution in [-0.2, 0) is 4.79 Å². The van der Waals surface area contributed by atoms with E-state index in [-0.39, 0.29) is 36.3 Å². The first-order valence-electron chi connectivity index (χ1n) is 5.53. The molecular formula is C11H25Cl2N3O. The zero-order valence-electron chi connectivity index (χ0n) is 11.1. The third kappa shape index (κ3) is 4.62. The van der Waals surface area contributed by atoms with Crippen LogP contribution in [0.15, 0.2) is 0 Å². The Kier molecular flexibility index (Phi) is 7.71. The van der Waals surface area contributed by atoms with E-state index in [1.807, 2.05) is 14.1 Å². The van der Waals surface area contributed by atoms with Gasteiger partial charge in [0.05, 0.1) is 5.54 Å². The van der Waals surface area contributed by atoms with Crippen molar-refractivity contribution in [2.75, 3.05) is 20.6 Å². The van der Waals surface area contributed by atoms with Crippen LogP contribution in [0.25, 0.3) is 0 Å². The van der Waals surface area contributed by atoms with Crippen molar-refractivity contribution in [1.82, 2.24) is 10.2 Å². The summed E-state index contributed by atoms with van der Waals surface area (Å²) in [7, 11) is 4.02. The highest BCUT2D eigenvalue weighted by Gasteiger charge is 2.40. The second-order valence-electron chi connectivity index (χ2n) is 5.40. The molecule has 0 saturated heterocycles. The van der Waals surface area contributed by atoms with E-state index in [1.165, 1.54) is 0 Å². The number of carbonyl (C=O) groups is 1. The third-order valence-electron chi connectivity index (χ3n) is 3.59. The third-order valence-corrected chi connectivity index (χ3v) is 3.59. The SMILES string of the molecule is CN(C)C(C)(C)CNC(=O)C1(N)CCC1.Cl.Cl. The molecule has 104 valence electrons. The van der Waals surface area contributed by atoms with Crippen molar-refractivity contribution in [2.24, 2.45) is 5.73 Å². The number of likely N-dealkylation sites (N-methyl/N-ethyl adjacent to an activating group) is 1. The monoisotopic (exact) mass is 285 g/mol. The first-order chi connectivity index (χ1) is 6.78. The lowest BCUT2D eigenvalue weighted by Crippen LogP contribution is -2.61. The van der Waals surface area contributed by atoms with Gasteiger partial charge in [-0.2, -0.15) is 0 Å². The first-order valence-corrected chi connectivity index (χ1v) is 5.53. The van der Waals surface area contributed by atoms with Gasteiger partial charge in [0.25, 0.3) is 0 Å². The number of nitrogens with one attached hydrogen (secondary N) is 1. The number of nitrogens with two attached hydrogens (primary N) is 1. The summed E-state index contributed by atoms with van der Waals surface area (Å²) in [4.78, 5) is 13.9. The summed E-state index contributed by atoms with van der Waals surface area (Å²) in [6, 6.07) is 0. The van der Waals surface area contributed by atoms with E-state index in [0.717, 1.165) is 19.3 Å². The Morgan fingerprint density at radius 3 is 2.12 bits per heavy atom. The van der Waals surface area contributed by atoms with E-state index < -0.39 is 5.54 Å². The molecule has 3 N–H and O–H groups in total. The van der Waals surface area contributed by atoms with Gasteiger partial charge in [0.15, 0.2) is 0 Å². The Hall–Kier alpha value is -0.0300. The number of hydrogen-bond donors (Lipinski definition) is 2. The zero-order chi connectivity index (χ0) is 11.7. The minimum absolute atomic E-state index is 0. The van der Waals surface area contributed by atoms with Crippen LogP contribution < -0.4 is 11.1 Å². The molecule has 1 amide bonds. The Bertz CT molecular complexity index is 253. The molecule has 0 bridgehead atoms. The summed E-state index contributed by atoms with van der Waals surface area (Å²) in [5, 5.41) is 2.94. The highest BCUT2D eigenvalue weighted by Crippen LogP contribution is 2.29. The predicted octanol–water partition coefficient (Wildman–Crippen LogP) is 1.17. The molecule has 0 aromatic carbocycles. The van der Waals surface area contributed by atoms with E-state index in [0.29, 0.717) is 6.54 Å². The summed E-state index contributed by atoms with van der Waals surface area (Å²) in [5.74, 6) is 0.00340. The minimum atomic E-state index is -0.581. The maximum absolute atomic E-state index is 11.8. The number of hydrogen-bond acceptors (Lipinski definition) is 3. The van der Waals surface area contributed by atoms with Crippen LogP contribution in [0.4, 0.5) is 0 Å². The molecule has 0 unspecified atom stereocenters. The largest absolute Gasteiger partial charge is 0.353 e. The van der Waals surface area contributed by atoms with Crippen LogP contribution >= 0.6 is 24.8 Å². The molecule has 0 aromatic rings. The quantitative estimate of drug-likeness (QED) is 0.815. The Labute approximate surface area is 117 Å². The van der Waals surface area contributed by atoms with Gasteiger partial charge in [-0.25, -0.2) is 0 Å². The highest BCUT2D eigenvalue weighted by atomic mass is 35.5. The predicted molar refractivity (Wildman–Crippen MR) is 76.0 cm³/mol. The summed E-state index contributed by atoms with van der Waals surface area (Å²) in [6.45, 7) is 4.83. The molecule has 1 aliphatic carbocycles. The van der Waals surface area contributed by atoms with Crippen LogP contribution in [-0.4, -0.2) is 42.5 Å². The van der Waals surface area contributed by atoms with Gasteiger partial charge in [-0.05, 0) is 47.2 Å². The highest BCUT2D eigenvalue weighted by molar-refractivity contribution is 5.87. The first kappa shape index (κ1) is 19.3. The molecule has 0 heterocycles. The normalized spacial score (nSPS) is 17.5. The fourth-order valence-electron chi connectivity index (χ4n) is 1.42. The molecule has 17 heavy (non-hydrogen) atoms. The number of rotatable bonds is 4. The second kappa shape index (κ2) is 6.78. The second-order valence-corrected chi connectivity index (χ2v) is 5.40. The molecule has 1 rings (SSSR count). The molecule has 6 heteroatoms. The number of halogens is 2. The van der Waals surface area contributed by atoms with Crippen LogP contribution in [0.1, 0.15) is 33.1 Å². The number of amides is 1. The maximum atomic E-state index is 11.8. The van der Waals surface area contributed by atoms with E-state index in [4.69, 9.17) is 5.73 Å². The lowest BCUT2D eigenvalue weighted by atomic mass is 9.77. The lowest BCUT2D eigenvalue weighted by molar-refractivity contribution is -0.129. The van der Waals surface area contributed by atoms with Crippen molar-refractivity contribution in [3.05, 3.63) is 0 Å². The van der Waals surface area contributed by atoms with Gasteiger partial charge >= 0.3 is 0 Å². The van der Waals surface area contributed by atoms with E-state index in [1.54, 1.807) is 0 Å². The van der Waals surface area contributed by atoms with Crippen molar-refractivity contribution >= 4 is 30.7 Å². The summed E-state index contributed by atoms with van der Waals surface area (Å²) in [5.41, 5.74) is 5.31. The summed E-state index contributed by atoms with van der Waals surface area (Å²) < 4.78 is 0. The molecule has 0 radical (unpaired) electrons. The lowest BCUT2D eigenvalue weighted by Gasteiger charge is -2.38. The maximum Gasteiger partial charge on any atom is 0.240 e. The minimum Gasteiger partial charge on any atom is -0.353 e. The summed E-state index contributed by atoms with van der Waals surface area (Å²) in [6.07, 6.45) is 2.71.